The molecule has 1 aromatic carbocycles. The summed E-state index contributed by atoms with van der Waals surface area (Å²) in [5.41, 5.74) is 0.0125. The van der Waals surface area contributed by atoms with Crippen molar-refractivity contribution in [2.24, 2.45) is 5.92 Å². The number of rotatable bonds is 6. The van der Waals surface area contributed by atoms with E-state index in [-0.39, 0.29) is 18.1 Å². The van der Waals surface area contributed by atoms with Gasteiger partial charge >= 0.3 is 0 Å². The lowest BCUT2D eigenvalue weighted by Gasteiger charge is -2.31. The number of aryl methyl sites for hydroxylation is 1. The van der Waals surface area contributed by atoms with Gasteiger partial charge in [0.25, 0.3) is 0 Å². The van der Waals surface area contributed by atoms with Crippen LogP contribution in [0.1, 0.15) is 25.6 Å². The average Bonchev–Trinajstić information content (AvgIpc) is 3.06. The van der Waals surface area contributed by atoms with Crippen LogP contribution in [0.2, 0.25) is 0 Å². The highest BCUT2D eigenvalue weighted by Crippen LogP contribution is 2.20. The first-order valence-corrected chi connectivity index (χ1v) is 9.02. The fourth-order valence-corrected chi connectivity index (χ4v) is 3.41. The topological polar surface area (TPSA) is 50.2 Å². The smallest absolute Gasteiger partial charge is 0.238 e. The molecule has 3 rings (SSSR count). The van der Waals surface area contributed by atoms with Crippen LogP contribution in [0, 0.1) is 17.6 Å². The van der Waals surface area contributed by atoms with E-state index in [9.17, 15) is 13.6 Å². The van der Waals surface area contributed by atoms with E-state index < -0.39 is 11.6 Å². The van der Waals surface area contributed by atoms with Gasteiger partial charge in [-0.1, -0.05) is 6.92 Å². The van der Waals surface area contributed by atoms with E-state index in [1.54, 1.807) is 0 Å². The van der Waals surface area contributed by atoms with Crippen LogP contribution < -0.4 is 5.32 Å². The SMILES string of the molecule is CCc1nccn1CC1CCN(CC(=O)Nc2ccc(F)cc2F)CC1. The van der Waals surface area contributed by atoms with Crippen molar-refractivity contribution in [1.82, 2.24) is 14.5 Å². The number of piperidine rings is 1. The second kappa shape index (κ2) is 8.40. The molecule has 0 bridgehead atoms. The molecule has 0 radical (unpaired) electrons. The number of anilines is 1. The lowest BCUT2D eigenvalue weighted by molar-refractivity contribution is -0.117. The molecule has 0 atom stereocenters. The lowest BCUT2D eigenvalue weighted by Crippen LogP contribution is -2.40. The maximum absolute atomic E-state index is 13.6. The summed E-state index contributed by atoms with van der Waals surface area (Å²) in [6, 6.07) is 3.14. The third kappa shape index (κ3) is 4.66. The van der Waals surface area contributed by atoms with Crippen molar-refractivity contribution in [3.63, 3.8) is 0 Å². The van der Waals surface area contributed by atoms with Gasteiger partial charge in [0.15, 0.2) is 0 Å². The predicted octanol–water partition coefficient (Wildman–Crippen LogP) is 3.07. The highest BCUT2D eigenvalue weighted by atomic mass is 19.1. The molecule has 1 amide bonds. The van der Waals surface area contributed by atoms with Crippen molar-refractivity contribution in [2.45, 2.75) is 32.7 Å². The van der Waals surface area contributed by atoms with Gasteiger partial charge in [0.1, 0.15) is 17.5 Å². The van der Waals surface area contributed by atoms with E-state index in [1.807, 2.05) is 12.4 Å². The standard InChI is InChI=1S/C19H24F2N4O/c1-2-18-22-7-10-25(18)12-14-5-8-24(9-6-14)13-19(26)23-17-4-3-15(20)11-16(17)21/h3-4,7,10-11,14H,2,5-6,8-9,12-13H2,1H3,(H,23,26). The molecule has 0 aliphatic carbocycles. The molecule has 1 aromatic heterocycles. The molecule has 140 valence electrons. The normalized spacial score (nSPS) is 16.0. The first kappa shape index (κ1) is 18.5. The van der Waals surface area contributed by atoms with Crippen molar-refractivity contribution >= 4 is 11.6 Å². The van der Waals surface area contributed by atoms with E-state index in [1.165, 1.54) is 6.07 Å². The molecule has 1 aliphatic rings. The van der Waals surface area contributed by atoms with Crippen LogP contribution in [0.4, 0.5) is 14.5 Å². The van der Waals surface area contributed by atoms with Gasteiger partial charge in [0.2, 0.25) is 5.91 Å². The van der Waals surface area contributed by atoms with Gasteiger partial charge < -0.3 is 9.88 Å². The van der Waals surface area contributed by atoms with Crippen molar-refractivity contribution in [3.05, 3.63) is 48.1 Å². The zero-order chi connectivity index (χ0) is 18.5. The van der Waals surface area contributed by atoms with Gasteiger partial charge in [-0.05, 0) is 44.0 Å². The van der Waals surface area contributed by atoms with Gasteiger partial charge in [0.05, 0.1) is 12.2 Å². The number of aromatic nitrogens is 2. The van der Waals surface area contributed by atoms with Gasteiger partial charge in [-0.25, -0.2) is 13.8 Å². The molecular weight excluding hydrogens is 338 g/mol. The second-order valence-corrected chi connectivity index (χ2v) is 6.74. The van der Waals surface area contributed by atoms with Gasteiger partial charge in [-0.15, -0.1) is 0 Å². The summed E-state index contributed by atoms with van der Waals surface area (Å²) in [5, 5.41) is 2.51. The minimum absolute atomic E-state index is 0.0125. The van der Waals surface area contributed by atoms with Crippen molar-refractivity contribution in [3.8, 4) is 0 Å². The Kier molecular flexibility index (Phi) is 5.98. The predicted molar refractivity (Wildman–Crippen MR) is 95.8 cm³/mol. The fourth-order valence-electron chi connectivity index (χ4n) is 3.41. The Bertz CT molecular complexity index is 754. The Morgan fingerprint density at radius 3 is 2.77 bits per heavy atom. The Balaban J connectivity index is 1.45. The first-order valence-electron chi connectivity index (χ1n) is 9.02. The number of nitrogens with zero attached hydrogens (tertiary/aromatic N) is 3. The highest BCUT2D eigenvalue weighted by molar-refractivity contribution is 5.92. The molecule has 1 N–H and O–H groups in total. The molecule has 26 heavy (non-hydrogen) atoms. The minimum Gasteiger partial charge on any atom is -0.335 e. The Labute approximate surface area is 152 Å². The molecule has 7 heteroatoms. The Morgan fingerprint density at radius 1 is 1.31 bits per heavy atom. The van der Waals surface area contributed by atoms with Crippen LogP contribution >= 0.6 is 0 Å². The number of carbonyl (C=O) groups is 1. The number of nitrogens with one attached hydrogen (secondary N) is 1. The number of hydrogen-bond acceptors (Lipinski definition) is 3. The summed E-state index contributed by atoms with van der Waals surface area (Å²) in [5.74, 6) is -0.0239. The average molecular weight is 362 g/mol. The maximum atomic E-state index is 13.6. The van der Waals surface area contributed by atoms with Gasteiger partial charge in [0, 0.05) is 31.4 Å². The quantitative estimate of drug-likeness (QED) is 0.859. The van der Waals surface area contributed by atoms with Crippen LogP contribution in [0.5, 0.6) is 0 Å². The van der Waals surface area contributed by atoms with Crippen molar-refractivity contribution in [2.75, 3.05) is 25.0 Å². The van der Waals surface area contributed by atoms with Gasteiger partial charge in [-0.2, -0.15) is 0 Å². The van der Waals surface area contributed by atoms with E-state index in [4.69, 9.17) is 0 Å². The second-order valence-electron chi connectivity index (χ2n) is 6.74. The van der Waals surface area contributed by atoms with Gasteiger partial charge in [-0.3, -0.25) is 9.69 Å². The summed E-state index contributed by atoms with van der Waals surface area (Å²) >= 11 is 0. The molecule has 0 unspecified atom stereocenters. The number of halogens is 2. The molecular formula is C19H24F2N4O. The van der Waals surface area contributed by atoms with Crippen LogP contribution in [0.25, 0.3) is 0 Å². The number of amides is 1. The number of carbonyl (C=O) groups excluding carboxylic acids is 1. The summed E-state index contributed by atoms with van der Waals surface area (Å²) in [7, 11) is 0. The largest absolute Gasteiger partial charge is 0.335 e. The number of hydrogen-bond donors (Lipinski definition) is 1. The minimum atomic E-state index is -0.760. The fraction of sp³-hybridized carbons (Fsp3) is 0.474. The molecule has 1 aliphatic heterocycles. The van der Waals surface area contributed by atoms with Crippen LogP contribution in [0.15, 0.2) is 30.6 Å². The first-order chi connectivity index (χ1) is 12.5. The van der Waals surface area contributed by atoms with Crippen molar-refractivity contribution < 1.29 is 13.6 Å². The Morgan fingerprint density at radius 2 is 2.08 bits per heavy atom. The third-order valence-corrected chi connectivity index (χ3v) is 4.85. The van der Waals surface area contributed by atoms with Crippen LogP contribution in [-0.4, -0.2) is 40.0 Å². The van der Waals surface area contributed by atoms with Crippen molar-refractivity contribution in [1.29, 1.82) is 0 Å². The third-order valence-electron chi connectivity index (χ3n) is 4.85. The van der Waals surface area contributed by atoms with E-state index in [0.717, 1.165) is 56.9 Å². The molecule has 1 fully saturated rings. The summed E-state index contributed by atoms with van der Waals surface area (Å²) in [4.78, 5) is 18.5. The molecule has 5 nitrogen and oxygen atoms in total. The zero-order valence-corrected chi connectivity index (χ0v) is 14.9. The van der Waals surface area contributed by atoms with E-state index in [0.29, 0.717) is 5.92 Å². The number of benzene rings is 1. The summed E-state index contributed by atoms with van der Waals surface area (Å²) in [6.45, 7) is 4.95. The molecule has 2 heterocycles. The summed E-state index contributed by atoms with van der Waals surface area (Å²) < 4.78 is 28.7. The zero-order valence-electron chi connectivity index (χ0n) is 14.9. The molecule has 1 saturated heterocycles. The lowest BCUT2D eigenvalue weighted by atomic mass is 9.96. The molecule has 0 spiro atoms. The van der Waals surface area contributed by atoms with Crippen LogP contribution in [0.3, 0.4) is 0 Å². The highest BCUT2D eigenvalue weighted by Gasteiger charge is 2.22. The van der Waals surface area contributed by atoms with E-state index >= 15 is 0 Å². The van der Waals surface area contributed by atoms with E-state index in [2.05, 4.69) is 26.7 Å². The number of imidazole rings is 1. The summed E-state index contributed by atoms with van der Waals surface area (Å²) in [6.07, 6.45) is 6.81. The number of likely N-dealkylation sites (tertiary alicyclic amines) is 1. The molecule has 0 saturated carbocycles. The Hall–Kier alpha value is -2.28. The maximum Gasteiger partial charge on any atom is 0.238 e. The monoisotopic (exact) mass is 362 g/mol. The van der Waals surface area contributed by atoms with Crippen LogP contribution in [-0.2, 0) is 17.8 Å². The molecule has 2 aromatic rings.